The topological polar surface area (TPSA) is 91.3 Å². The molecule has 2 unspecified atom stereocenters. The lowest BCUT2D eigenvalue weighted by atomic mass is 10.0. The first-order valence-corrected chi connectivity index (χ1v) is 6.29. The van der Waals surface area contributed by atoms with Crippen molar-refractivity contribution in [2.24, 2.45) is 5.92 Å². The van der Waals surface area contributed by atoms with Crippen LogP contribution in [0, 0.1) is 5.92 Å². The van der Waals surface area contributed by atoms with E-state index in [1.165, 1.54) is 6.20 Å². The Balaban J connectivity index is 2.10. The monoisotopic (exact) mass is 263 g/mol. The minimum atomic E-state index is -0.768. The first kappa shape index (κ1) is 13.3. The lowest BCUT2D eigenvalue weighted by Gasteiger charge is -2.19. The second kappa shape index (κ2) is 5.69. The largest absolute Gasteiger partial charge is 0.481 e. The molecule has 0 aliphatic heterocycles. The molecule has 0 bridgehead atoms. The number of nitrogens with zero attached hydrogens (tertiary/aromatic N) is 1. The highest BCUT2D eigenvalue weighted by Crippen LogP contribution is 2.28. The molecule has 3 N–H and O–H groups in total. The van der Waals surface area contributed by atoms with E-state index in [2.05, 4.69) is 15.6 Å². The summed E-state index contributed by atoms with van der Waals surface area (Å²) in [6, 6.07) is 3.29. The van der Waals surface area contributed by atoms with Crippen LogP contribution in [0.2, 0.25) is 0 Å². The summed E-state index contributed by atoms with van der Waals surface area (Å²) in [5.41, 5.74) is 1.05. The average molecular weight is 263 g/mol. The minimum absolute atomic E-state index is 0.0857. The molecule has 1 saturated carbocycles. The number of anilines is 1. The summed E-state index contributed by atoms with van der Waals surface area (Å²) in [6.45, 7) is 0. The Morgan fingerprint density at radius 1 is 1.42 bits per heavy atom. The van der Waals surface area contributed by atoms with Gasteiger partial charge in [0.1, 0.15) is 5.69 Å². The molecule has 2 atom stereocenters. The molecule has 1 aromatic heterocycles. The van der Waals surface area contributed by atoms with E-state index >= 15 is 0 Å². The fourth-order valence-electron chi connectivity index (χ4n) is 2.42. The Morgan fingerprint density at radius 2 is 2.21 bits per heavy atom. The number of hydrogen-bond donors (Lipinski definition) is 3. The van der Waals surface area contributed by atoms with E-state index in [1.807, 2.05) is 0 Å². The van der Waals surface area contributed by atoms with Crippen molar-refractivity contribution in [3.05, 3.63) is 24.0 Å². The fraction of sp³-hybridized carbons (Fsp3) is 0.462. The van der Waals surface area contributed by atoms with Gasteiger partial charge in [0.05, 0.1) is 5.92 Å². The molecule has 6 nitrogen and oxygen atoms in total. The SMILES string of the molecule is CNC(=O)c1cc(NC2CCCC2C(=O)O)ccn1. The van der Waals surface area contributed by atoms with Crippen LogP contribution >= 0.6 is 0 Å². The van der Waals surface area contributed by atoms with Gasteiger partial charge in [-0.2, -0.15) is 0 Å². The van der Waals surface area contributed by atoms with Crippen molar-refractivity contribution in [2.75, 3.05) is 12.4 Å². The third-order valence-corrected chi connectivity index (χ3v) is 3.40. The van der Waals surface area contributed by atoms with Crippen molar-refractivity contribution >= 4 is 17.6 Å². The summed E-state index contributed by atoms with van der Waals surface area (Å²) in [6.07, 6.45) is 3.97. The molecule has 102 valence electrons. The van der Waals surface area contributed by atoms with E-state index in [1.54, 1.807) is 19.2 Å². The van der Waals surface area contributed by atoms with Gasteiger partial charge in [0.2, 0.25) is 0 Å². The van der Waals surface area contributed by atoms with Crippen LogP contribution in [0.15, 0.2) is 18.3 Å². The van der Waals surface area contributed by atoms with Gasteiger partial charge in [0.15, 0.2) is 0 Å². The maximum Gasteiger partial charge on any atom is 0.308 e. The zero-order valence-corrected chi connectivity index (χ0v) is 10.7. The van der Waals surface area contributed by atoms with Crippen molar-refractivity contribution < 1.29 is 14.7 Å². The molecule has 0 aromatic carbocycles. The van der Waals surface area contributed by atoms with Gasteiger partial charge in [-0.25, -0.2) is 0 Å². The van der Waals surface area contributed by atoms with Crippen LogP contribution in [0.3, 0.4) is 0 Å². The number of hydrogen-bond acceptors (Lipinski definition) is 4. The van der Waals surface area contributed by atoms with Crippen LogP contribution in [0.25, 0.3) is 0 Å². The number of carboxylic acid groups (broad SMARTS) is 1. The quantitative estimate of drug-likeness (QED) is 0.756. The summed E-state index contributed by atoms with van der Waals surface area (Å²) >= 11 is 0. The number of carboxylic acids is 1. The lowest BCUT2D eigenvalue weighted by molar-refractivity contribution is -0.141. The highest BCUT2D eigenvalue weighted by atomic mass is 16.4. The molecule has 1 aliphatic rings. The predicted octanol–water partition coefficient (Wildman–Crippen LogP) is 1.11. The first-order chi connectivity index (χ1) is 9.11. The standard InChI is InChI=1S/C13H17N3O3/c1-14-12(17)11-7-8(5-6-15-11)16-10-4-2-3-9(10)13(18)19/h5-7,9-10H,2-4H2,1H3,(H,14,17)(H,15,16)(H,18,19). The average Bonchev–Trinajstić information content (AvgIpc) is 2.86. The van der Waals surface area contributed by atoms with Crippen molar-refractivity contribution in [2.45, 2.75) is 25.3 Å². The van der Waals surface area contributed by atoms with E-state index in [-0.39, 0.29) is 17.9 Å². The molecule has 1 aromatic rings. The number of rotatable bonds is 4. The number of amides is 1. The Morgan fingerprint density at radius 3 is 2.89 bits per heavy atom. The van der Waals surface area contributed by atoms with Gasteiger partial charge >= 0.3 is 5.97 Å². The number of nitrogens with one attached hydrogen (secondary N) is 2. The molecular formula is C13H17N3O3. The van der Waals surface area contributed by atoms with Crippen LogP contribution < -0.4 is 10.6 Å². The highest BCUT2D eigenvalue weighted by molar-refractivity contribution is 5.92. The Hall–Kier alpha value is -2.11. The van der Waals surface area contributed by atoms with Crippen LogP contribution in [0.5, 0.6) is 0 Å². The van der Waals surface area contributed by atoms with E-state index in [0.717, 1.165) is 18.5 Å². The molecule has 1 fully saturated rings. The predicted molar refractivity (Wildman–Crippen MR) is 70.0 cm³/mol. The summed E-state index contributed by atoms with van der Waals surface area (Å²) in [4.78, 5) is 26.6. The normalized spacial score (nSPS) is 21.9. The fourth-order valence-corrected chi connectivity index (χ4v) is 2.42. The molecule has 0 spiro atoms. The van der Waals surface area contributed by atoms with Crippen molar-refractivity contribution in [1.82, 2.24) is 10.3 Å². The molecule has 1 amide bonds. The number of carbonyl (C=O) groups is 2. The third-order valence-electron chi connectivity index (χ3n) is 3.40. The van der Waals surface area contributed by atoms with Crippen LogP contribution in [0.1, 0.15) is 29.8 Å². The molecule has 1 aliphatic carbocycles. The second-order valence-electron chi connectivity index (χ2n) is 4.64. The van der Waals surface area contributed by atoms with Gasteiger partial charge in [-0.05, 0) is 25.0 Å². The van der Waals surface area contributed by atoms with Gasteiger partial charge < -0.3 is 15.7 Å². The van der Waals surface area contributed by atoms with Gasteiger partial charge in [-0.1, -0.05) is 6.42 Å². The van der Waals surface area contributed by atoms with Crippen LogP contribution in [-0.2, 0) is 4.79 Å². The number of carbonyl (C=O) groups excluding carboxylic acids is 1. The van der Waals surface area contributed by atoms with Crippen molar-refractivity contribution in [3.63, 3.8) is 0 Å². The van der Waals surface area contributed by atoms with Gasteiger partial charge in [0.25, 0.3) is 5.91 Å². The minimum Gasteiger partial charge on any atom is -0.481 e. The molecule has 6 heteroatoms. The summed E-state index contributed by atoms with van der Waals surface area (Å²) in [5, 5.41) is 14.8. The lowest BCUT2D eigenvalue weighted by Crippen LogP contribution is -2.30. The van der Waals surface area contributed by atoms with Crippen LogP contribution in [0.4, 0.5) is 5.69 Å². The summed E-state index contributed by atoms with van der Waals surface area (Å²) in [5.74, 6) is -1.39. The number of aliphatic carboxylic acids is 1. The molecular weight excluding hydrogens is 246 g/mol. The molecule has 2 rings (SSSR count). The highest BCUT2D eigenvalue weighted by Gasteiger charge is 2.32. The van der Waals surface area contributed by atoms with E-state index in [9.17, 15) is 9.59 Å². The first-order valence-electron chi connectivity index (χ1n) is 6.29. The zero-order chi connectivity index (χ0) is 13.8. The second-order valence-corrected chi connectivity index (χ2v) is 4.64. The Bertz CT molecular complexity index is 490. The molecule has 0 saturated heterocycles. The van der Waals surface area contributed by atoms with Gasteiger partial charge in [-0.3, -0.25) is 14.6 Å². The van der Waals surface area contributed by atoms with E-state index in [4.69, 9.17) is 5.11 Å². The smallest absolute Gasteiger partial charge is 0.308 e. The zero-order valence-electron chi connectivity index (χ0n) is 10.7. The molecule has 19 heavy (non-hydrogen) atoms. The third kappa shape index (κ3) is 3.01. The summed E-state index contributed by atoms with van der Waals surface area (Å²) in [7, 11) is 1.54. The van der Waals surface area contributed by atoms with E-state index < -0.39 is 5.97 Å². The summed E-state index contributed by atoms with van der Waals surface area (Å²) < 4.78 is 0. The van der Waals surface area contributed by atoms with E-state index in [0.29, 0.717) is 12.1 Å². The number of pyridine rings is 1. The number of aromatic nitrogens is 1. The molecule has 1 heterocycles. The maximum absolute atomic E-state index is 11.5. The van der Waals surface area contributed by atoms with Crippen molar-refractivity contribution in [3.8, 4) is 0 Å². The Kier molecular flexibility index (Phi) is 3.99. The molecule has 0 radical (unpaired) electrons. The Labute approximate surface area is 111 Å². The van der Waals surface area contributed by atoms with Crippen molar-refractivity contribution in [1.29, 1.82) is 0 Å². The maximum atomic E-state index is 11.5. The van der Waals surface area contributed by atoms with Gasteiger partial charge in [0, 0.05) is 25.0 Å². The van der Waals surface area contributed by atoms with Crippen LogP contribution in [-0.4, -0.2) is 35.1 Å². The van der Waals surface area contributed by atoms with Gasteiger partial charge in [-0.15, -0.1) is 0 Å².